The topological polar surface area (TPSA) is 43.9 Å². The van der Waals surface area contributed by atoms with Gasteiger partial charge in [0.1, 0.15) is 0 Å². The molecule has 0 aromatic carbocycles. The molecular formula is C11H21N3O2S. The normalized spacial score (nSPS) is 35.7. The second-order valence-corrected chi connectivity index (χ2v) is 7.95. The van der Waals surface area contributed by atoms with E-state index in [1.165, 1.54) is 17.1 Å². The van der Waals surface area contributed by atoms with E-state index in [0.29, 0.717) is 24.9 Å². The molecule has 0 amide bonds. The first-order valence-corrected chi connectivity index (χ1v) is 7.80. The van der Waals surface area contributed by atoms with Crippen LogP contribution < -0.4 is 0 Å². The predicted octanol–water partition coefficient (Wildman–Crippen LogP) is -0.181. The van der Waals surface area contributed by atoms with Gasteiger partial charge in [-0.05, 0) is 24.7 Å². The van der Waals surface area contributed by atoms with Crippen molar-refractivity contribution in [1.29, 1.82) is 0 Å². The lowest BCUT2D eigenvalue weighted by Gasteiger charge is -2.23. The highest BCUT2D eigenvalue weighted by Crippen LogP contribution is 2.38. The summed E-state index contributed by atoms with van der Waals surface area (Å²) >= 11 is 0. The van der Waals surface area contributed by atoms with Crippen LogP contribution in [0.25, 0.3) is 0 Å². The van der Waals surface area contributed by atoms with Crippen LogP contribution in [0.2, 0.25) is 0 Å². The predicted molar refractivity (Wildman–Crippen MR) is 65.8 cm³/mol. The number of fused-ring (bicyclic) bond motifs is 1. The van der Waals surface area contributed by atoms with Crippen LogP contribution in [-0.2, 0) is 10.2 Å². The molecule has 0 aromatic heterocycles. The van der Waals surface area contributed by atoms with Crippen molar-refractivity contribution in [1.82, 2.24) is 13.5 Å². The van der Waals surface area contributed by atoms with Crippen molar-refractivity contribution in [3.8, 4) is 0 Å². The van der Waals surface area contributed by atoms with Gasteiger partial charge in [0.05, 0.1) is 0 Å². The van der Waals surface area contributed by atoms with E-state index in [4.69, 9.17) is 0 Å². The van der Waals surface area contributed by atoms with Crippen molar-refractivity contribution in [3.63, 3.8) is 0 Å². The number of hydrogen-bond donors (Lipinski definition) is 0. The molecule has 0 spiro atoms. The summed E-state index contributed by atoms with van der Waals surface area (Å²) in [7, 11) is 0.0295. The van der Waals surface area contributed by atoms with Crippen LogP contribution in [0.4, 0.5) is 0 Å². The van der Waals surface area contributed by atoms with Crippen LogP contribution in [0.15, 0.2) is 0 Å². The van der Waals surface area contributed by atoms with Gasteiger partial charge in [-0.15, -0.1) is 0 Å². The zero-order valence-electron chi connectivity index (χ0n) is 10.5. The van der Waals surface area contributed by atoms with Crippen LogP contribution in [0.1, 0.15) is 12.8 Å². The van der Waals surface area contributed by atoms with Crippen molar-refractivity contribution >= 4 is 10.2 Å². The number of likely N-dealkylation sites (tertiary alicyclic amines) is 1. The molecule has 6 heteroatoms. The van der Waals surface area contributed by atoms with Gasteiger partial charge in [0, 0.05) is 46.3 Å². The first-order valence-electron chi connectivity index (χ1n) is 6.40. The molecule has 0 radical (unpaired) electrons. The monoisotopic (exact) mass is 259 g/mol. The van der Waals surface area contributed by atoms with Gasteiger partial charge in [-0.1, -0.05) is 0 Å². The molecule has 5 nitrogen and oxygen atoms in total. The zero-order chi connectivity index (χ0) is 12.2. The average Bonchev–Trinajstić information content (AvgIpc) is 2.88. The molecule has 0 bridgehead atoms. The standard InChI is InChI=1S/C11H21N3O2S/c1-12(2)17(15,16)14-7-9-5-13(11-3-4-11)6-10(9)8-14/h9-11H,3-8H2,1-2H3. The second-order valence-electron chi connectivity index (χ2n) is 5.81. The quantitative estimate of drug-likeness (QED) is 0.706. The van der Waals surface area contributed by atoms with E-state index in [0.717, 1.165) is 19.1 Å². The highest BCUT2D eigenvalue weighted by atomic mass is 32.2. The van der Waals surface area contributed by atoms with Gasteiger partial charge >= 0.3 is 0 Å². The molecule has 98 valence electrons. The fourth-order valence-corrected chi connectivity index (χ4v) is 4.37. The molecule has 2 atom stereocenters. The minimum absolute atomic E-state index is 0.560. The van der Waals surface area contributed by atoms with Crippen molar-refractivity contribution in [2.24, 2.45) is 11.8 Å². The third-order valence-electron chi connectivity index (χ3n) is 4.33. The highest BCUT2D eigenvalue weighted by Gasteiger charge is 2.47. The lowest BCUT2D eigenvalue weighted by Crippen LogP contribution is -2.40. The summed E-state index contributed by atoms with van der Waals surface area (Å²) in [5, 5.41) is 0. The summed E-state index contributed by atoms with van der Waals surface area (Å²) in [5.74, 6) is 1.12. The molecule has 3 fully saturated rings. The molecule has 1 saturated carbocycles. The Labute approximate surface area is 104 Å². The maximum Gasteiger partial charge on any atom is 0.281 e. The van der Waals surface area contributed by atoms with E-state index < -0.39 is 10.2 Å². The Bertz CT molecular complexity index is 391. The highest BCUT2D eigenvalue weighted by molar-refractivity contribution is 7.86. The molecule has 3 rings (SSSR count). The summed E-state index contributed by atoms with van der Waals surface area (Å²) < 4.78 is 27.0. The largest absolute Gasteiger partial charge is 0.300 e. The molecule has 17 heavy (non-hydrogen) atoms. The van der Waals surface area contributed by atoms with Crippen molar-refractivity contribution in [2.75, 3.05) is 40.3 Å². The third-order valence-corrected chi connectivity index (χ3v) is 6.21. The van der Waals surface area contributed by atoms with E-state index in [9.17, 15) is 8.42 Å². The SMILES string of the molecule is CN(C)S(=O)(=O)N1CC2CN(C3CC3)CC2C1. The Morgan fingerprint density at radius 3 is 1.94 bits per heavy atom. The maximum absolute atomic E-state index is 12.0. The van der Waals surface area contributed by atoms with Gasteiger partial charge in [-0.25, -0.2) is 0 Å². The minimum atomic E-state index is -3.19. The molecule has 0 aromatic rings. The maximum atomic E-state index is 12.0. The van der Waals surface area contributed by atoms with Crippen LogP contribution in [0.3, 0.4) is 0 Å². The molecule has 0 N–H and O–H groups in total. The smallest absolute Gasteiger partial charge is 0.281 e. The van der Waals surface area contributed by atoms with Crippen LogP contribution in [0, 0.1) is 11.8 Å². The number of nitrogens with zero attached hydrogens (tertiary/aromatic N) is 3. The van der Waals surface area contributed by atoms with E-state index in [-0.39, 0.29) is 0 Å². The molecule has 2 aliphatic heterocycles. The van der Waals surface area contributed by atoms with Crippen LogP contribution >= 0.6 is 0 Å². The Balaban J connectivity index is 1.65. The first-order chi connectivity index (χ1) is 7.98. The van der Waals surface area contributed by atoms with Gasteiger partial charge in [0.25, 0.3) is 10.2 Å². The van der Waals surface area contributed by atoms with Gasteiger partial charge < -0.3 is 0 Å². The van der Waals surface area contributed by atoms with E-state index in [1.54, 1.807) is 18.4 Å². The van der Waals surface area contributed by atoms with Crippen molar-refractivity contribution < 1.29 is 8.42 Å². The Hall–Kier alpha value is -0.170. The van der Waals surface area contributed by atoms with Gasteiger partial charge in [-0.2, -0.15) is 17.0 Å². The van der Waals surface area contributed by atoms with E-state index >= 15 is 0 Å². The van der Waals surface area contributed by atoms with E-state index in [1.807, 2.05) is 0 Å². The number of rotatable bonds is 3. The summed E-state index contributed by atoms with van der Waals surface area (Å²) in [6, 6.07) is 0.819. The molecular weight excluding hydrogens is 238 g/mol. The van der Waals surface area contributed by atoms with Gasteiger partial charge in [-0.3, -0.25) is 4.90 Å². The molecule has 3 aliphatic rings. The Morgan fingerprint density at radius 2 is 1.53 bits per heavy atom. The van der Waals surface area contributed by atoms with E-state index in [2.05, 4.69) is 4.90 Å². The summed E-state index contributed by atoms with van der Waals surface area (Å²) in [5.41, 5.74) is 0. The van der Waals surface area contributed by atoms with Crippen LogP contribution in [-0.4, -0.2) is 68.2 Å². The summed E-state index contributed by atoms with van der Waals surface area (Å²) in [6.07, 6.45) is 2.69. The fourth-order valence-electron chi connectivity index (χ4n) is 3.14. The van der Waals surface area contributed by atoms with Gasteiger partial charge in [0.2, 0.25) is 0 Å². The van der Waals surface area contributed by atoms with Crippen molar-refractivity contribution in [3.05, 3.63) is 0 Å². The van der Waals surface area contributed by atoms with Crippen molar-refractivity contribution in [2.45, 2.75) is 18.9 Å². The Kier molecular flexibility index (Phi) is 2.74. The third kappa shape index (κ3) is 2.01. The van der Waals surface area contributed by atoms with Gasteiger partial charge in [0.15, 0.2) is 0 Å². The lowest BCUT2D eigenvalue weighted by atomic mass is 10.0. The number of hydrogen-bond acceptors (Lipinski definition) is 3. The van der Waals surface area contributed by atoms with Crippen LogP contribution in [0.5, 0.6) is 0 Å². The Morgan fingerprint density at radius 1 is 1.00 bits per heavy atom. The summed E-state index contributed by atoms with van der Waals surface area (Å²) in [6.45, 7) is 3.65. The zero-order valence-corrected chi connectivity index (χ0v) is 11.4. The first kappa shape index (κ1) is 11.9. The fraction of sp³-hybridized carbons (Fsp3) is 1.00. The lowest BCUT2D eigenvalue weighted by molar-refractivity contribution is 0.284. The molecule has 2 saturated heterocycles. The average molecular weight is 259 g/mol. The minimum Gasteiger partial charge on any atom is -0.300 e. The molecule has 1 aliphatic carbocycles. The molecule has 2 heterocycles. The summed E-state index contributed by atoms with van der Waals surface area (Å²) in [4.78, 5) is 2.56. The second kappa shape index (κ2) is 3.91. The molecule has 2 unspecified atom stereocenters.